The lowest BCUT2D eigenvalue weighted by atomic mass is 9.33. The Balaban J connectivity index is 1.21. The Bertz CT molecular complexity index is 4220. The van der Waals surface area contributed by atoms with E-state index in [1.807, 2.05) is 0 Å². The van der Waals surface area contributed by atoms with E-state index in [0.29, 0.717) is 0 Å². The molecule has 0 unspecified atom stereocenters. The first-order valence-electron chi connectivity index (χ1n) is 32.7. The van der Waals surface area contributed by atoms with Crippen molar-refractivity contribution < 1.29 is 0 Å². The Morgan fingerprint density at radius 1 is 0.352 bits per heavy atom. The molecule has 0 amide bonds. The number of hydrogen-bond acceptors (Lipinski definition) is 3. The third kappa shape index (κ3) is 9.42. The summed E-state index contributed by atoms with van der Waals surface area (Å²) in [5, 5.41) is 0. The minimum absolute atomic E-state index is 0.0150. The Morgan fingerprint density at radius 2 is 0.773 bits per heavy atom. The van der Waals surface area contributed by atoms with Crippen LogP contribution in [0.3, 0.4) is 0 Å². The Hall–Kier alpha value is -7.56. The van der Waals surface area contributed by atoms with Crippen molar-refractivity contribution in [3.8, 4) is 11.1 Å². The van der Waals surface area contributed by atoms with Gasteiger partial charge >= 0.3 is 0 Å². The van der Waals surface area contributed by atoms with Crippen LogP contribution in [0, 0.1) is 6.92 Å². The molecule has 88 heavy (non-hydrogen) atoms. The molecule has 9 aromatic carbocycles. The van der Waals surface area contributed by atoms with Gasteiger partial charge < -0.3 is 14.7 Å². The van der Waals surface area contributed by atoms with Gasteiger partial charge in [0.25, 0.3) is 6.71 Å². The zero-order chi connectivity index (χ0) is 63.0. The van der Waals surface area contributed by atoms with Crippen LogP contribution in [-0.2, 0) is 43.3 Å². The number of aryl methyl sites for hydroxylation is 1. The fraction of sp³-hybridized carbons (Fsp3) is 0.357. The number of anilines is 9. The van der Waals surface area contributed by atoms with Crippen molar-refractivity contribution >= 4 is 74.3 Å². The molecule has 13 rings (SSSR count). The van der Waals surface area contributed by atoms with Crippen LogP contribution in [0.15, 0.2) is 176 Å². The topological polar surface area (TPSA) is 9.72 Å². The lowest BCUT2D eigenvalue weighted by Crippen LogP contribution is -2.62. The van der Waals surface area contributed by atoms with E-state index in [1.54, 1.807) is 0 Å². The molecule has 4 heteroatoms. The monoisotopic (exact) mass is 1160 g/mol. The zero-order valence-electron chi connectivity index (χ0n) is 56.9. The minimum atomic E-state index is -0.262. The van der Waals surface area contributed by atoms with Crippen LogP contribution in [0.5, 0.6) is 0 Å². The molecule has 2 aliphatic carbocycles. The number of hydrogen-bond donors (Lipinski definition) is 0. The average molecular weight is 1160 g/mol. The number of nitrogens with zero attached hydrogens (tertiary/aromatic N) is 3. The molecule has 0 fully saturated rings. The Labute approximate surface area is 529 Å². The zero-order valence-corrected chi connectivity index (χ0v) is 56.9. The second-order valence-corrected chi connectivity index (χ2v) is 33.2. The number of benzene rings is 9. The Kier molecular flexibility index (Phi) is 13.3. The van der Waals surface area contributed by atoms with Crippen molar-refractivity contribution in [3.63, 3.8) is 0 Å². The van der Waals surface area contributed by atoms with E-state index in [9.17, 15) is 0 Å². The Morgan fingerprint density at radius 3 is 1.28 bits per heavy atom. The highest BCUT2D eigenvalue weighted by atomic mass is 15.2. The van der Waals surface area contributed by atoms with Crippen molar-refractivity contribution in [1.82, 2.24) is 0 Å². The third-order valence-electron chi connectivity index (χ3n) is 21.0. The molecule has 2 heterocycles. The predicted octanol–water partition coefficient (Wildman–Crippen LogP) is 21.3. The summed E-state index contributed by atoms with van der Waals surface area (Å²) in [4.78, 5) is 7.99. The summed E-state index contributed by atoms with van der Waals surface area (Å²) in [5.41, 5.74) is 31.4. The van der Waals surface area contributed by atoms with E-state index in [0.717, 1.165) is 23.5 Å². The normalized spacial score (nSPS) is 16.7. The van der Waals surface area contributed by atoms with E-state index in [1.165, 1.54) is 123 Å². The van der Waals surface area contributed by atoms with Gasteiger partial charge in [-0.25, -0.2) is 0 Å². The smallest absolute Gasteiger partial charge is 0.252 e. The van der Waals surface area contributed by atoms with Gasteiger partial charge in [-0.15, -0.1) is 0 Å². The van der Waals surface area contributed by atoms with Gasteiger partial charge in [0.05, 0.1) is 11.4 Å². The van der Waals surface area contributed by atoms with Crippen LogP contribution < -0.4 is 31.1 Å². The summed E-state index contributed by atoms with van der Waals surface area (Å²) in [6.45, 7) is 50.1. The van der Waals surface area contributed by atoms with Crippen LogP contribution >= 0.6 is 0 Å². The number of fused-ring (bicyclic) bond motifs is 7. The molecular formula is C84H94BN3. The van der Waals surface area contributed by atoms with Gasteiger partial charge in [0, 0.05) is 56.2 Å². The SMILES string of the molecule is Cc1cc2c(cc1N1c3ccc(C(C)(C)C)cc3B3c4cc5c(cc4N(c4ccc(C(C)(C)C)cc4-c4ccccc4)c4cc(N(c6ccc(C(C)(C)C)cc6)c6ccc(C(C)(C)C)cc6)cc1c43)C(C)(C)CC5(C)C)C(C)(C)c1ccccc1C2(C)C. The van der Waals surface area contributed by atoms with E-state index in [-0.39, 0.29) is 50.0 Å². The van der Waals surface area contributed by atoms with Gasteiger partial charge in [-0.1, -0.05) is 248 Å². The molecule has 0 saturated heterocycles. The molecule has 4 aliphatic rings. The molecular weight excluding hydrogens is 1060 g/mol. The number of rotatable bonds is 6. The maximum Gasteiger partial charge on any atom is 0.252 e. The maximum atomic E-state index is 2.73. The van der Waals surface area contributed by atoms with E-state index in [2.05, 4.69) is 336 Å². The van der Waals surface area contributed by atoms with Crippen LogP contribution in [0.1, 0.15) is 206 Å². The van der Waals surface area contributed by atoms with Gasteiger partial charge in [-0.2, -0.15) is 0 Å². The van der Waals surface area contributed by atoms with Crippen molar-refractivity contribution in [1.29, 1.82) is 0 Å². The van der Waals surface area contributed by atoms with Crippen molar-refractivity contribution in [3.05, 3.63) is 237 Å². The summed E-state index contributed by atoms with van der Waals surface area (Å²) in [5.74, 6) is 0. The molecule has 0 radical (unpaired) electrons. The predicted molar refractivity (Wildman–Crippen MR) is 381 cm³/mol. The molecule has 0 atom stereocenters. The van der Waals surface area contributed by atoms with Crippen LogP contribution in [0.25, 0.3) is 11.1 Å². The van der Waals surface area contributed by atoms with E-state index in [4.69, 9.17) is 0 Å². The molecule has 0 spiro atoms. The van der Waals surface area contributed by atoms with Gasteiger partial charge in [0.1, 0.15) is 0 Å². The highest BCUT2D eigenvalue weighted by Crippen LogP contribution is 2.57. The van der Waals surface area contributed by atoms with E-state index >= 15 is 0 Å². The lowest BCUT2D eigenvalue weighted by molar-refractivity contribution is 0.403. The van der Waals surface area contributed by atoms with Gasteiger partial charge in [0.2, 0.25) is 0 Å². The minimum Gasteiger partial charge on any atom is -0.311 e. The summed E-state index contributed by atoms with van der Waals surface area (Å²) < 4.78 is 0. The quantitative estimate of drug-likeness (QED) is 0.154. The summed E-state index contributed by atoms with van der Waals surface area (Å²) >= 11 is 0. The van der Waals surface area contributed by atoms with Crippen LogP contribution in [0.4, 0.5) is 51.2 Å². The molecule has 448 valence electrons. The fourth-order valence-electron chi connectivity index (χ4n) is 16.1. The molecule has 0 N–H and O–H groups in total. The van der Waals surface area contributed by atoms with Crippen molar-refractivity contribution in [2.75, 3.05) is 14.7 Å². The van der Waals surface area contributed by atoms with Crippen LogP contribution in [0.2, 0.25) is 0 Å². The molecule has 0 aromatic heterocycles. The second kappa shape index (κ2) is 19.7. The highest BCUT2D eigenvalue weighted by Gasteiger charge is 2.50. The van der Waals surface area contributed by atoms with Gasteiger partial charge in [-0.3, -0.25) is 0 Å². The van der Waals surface area contributed by atoms with Crippen molar-refractivity contribution in [2.24, 2.45) is 0 Å². The van der Waals surface area contributed by atoms with Crippen LogP contribution in [-0.4, -0.2) is 6.71 Å². The summed E-state index contributed by atoms with van der Waals surface area (Å²) in [6, 6.07) is 69.9. The average Bonchev–Trinajstić information content (AvgIpc) is 0.938. The molecule has 0 bridgehead atoms. The summed E-state index contributed by atoms with van der Waals surface area (Å²) in [6.07, 6.45) is 1.07. The highest BCUT2D eigenvalue weighted by molar-refractivity contribution is 7.00. The molecule has 3 nitrogen and oxygen atoms in total. The summed E-state index contributed by atoms with van der Waals surface area (Å²) in [7, 11) is 0. The molecule has 9 aromatic rings. The first-order valence-corrected chi connectivity index (χ1v) is 32.7. The standard InChI is InChI=1S/C84H94BN3/c1-52-43-66-67(84(20,21)63-30-26-25-29-62(63)83(66,18)19)50-72(52)88-71-42-36-57(80(11,12)13)45-68(71)85-69-48-64-65(82(16,17)51-81(64,14)15)49-73(69)87(70-41-35-56(79(8,9)10)44-61(70)53-27-23-22-24-28-53)74-46-60(47-75(88)76(74)85)86(58-37-31-54(32-38-58)77(2,3)4)59-39-33-55(34-40-59)78(5,6)7/h22-50H,51H2,1-21H3. The molecule has 2 aliphatic heterocycles. The largest absolute Gasteiger partial charge is 0.311 e. The van der Waals surface area contributed by atoms with Gasteiger partial charge in [-0.05, 0) is 196 Å². The second-order valence-electron chi connectivity index (χ2n) is 33.2. The third-order valence-corrected chi connectivity index (χ3v) is 21.0. The maximum absolute atomic E-state index is 2.73. The van der Waals surface area contributed by atoms with Crippen molar-refractivity contribution in [2.45, 2.75) is 195 Å². The lowest BCUT2D eigenvalue weighted by Gasteiger charge is -2.47. The van der Waals surface area contributed by atoms with E-state index < -0.39 is 0 Å². The molecule has 0 saturated carbocycles. The first kappa shape index (κ1) is 59.4. The fourth-order valence-corrected chi connectivity index (χ4v) is 16.1. The first-order chi connectivity index (χ1) is 41.1. The van der Waals surface area contributed by atoms with Gasteiger partial charge in [0.15, 0.2) is 0 Å².